The first-order chi connectivity index (χ1) is 15.8. The maximum absolute atomic E-state index is 14.6. The van der Waals surface area contributed by atoms with Crippen LogP contribution in [0, 0.1) is 11.6 Å². The highest BCUT2D eigenvalue weighted by molar-refractivity contribution is 6.29. The fraction of sp³-hybridized carbons (Fsp3) is 0.348. The molecule has 10 heteroatoms. The Morgan fingerprint density at radius 1 is 1.15 bits per heavy atom. The van der Waals surface area contributed by atoms with Crippen molar-refractivity contribution >= 4 is 17.4 Å². The molecule has 5 rings (SSSR count). The summed E-state index contributed by atoms with van der Waals surface area (Å²) in [5.41, 5.74) is -0.143. The van der Waals surface area contributed by atoms with Crippen LogP contribution in [0.5, 0.6) is 17.4 Å². The summed E-state index contributed by atoms with van der Waals surface area (Å²) in [6, 6.07) is 6.74. The van der Waals surface area contributed by atoms with Gasteiger partial charge in [-0.15, -0.1) is 0 Å². The molecule has 0 aliphatic carbocycles. The average Bonchev–Trinajstić information content (AvgIpc) is 3.17. The minimum atomic E-state index is -0.896. The molecule has 0 bridgehead atoms. The summed E-state index contributed by atoms with van der Waals surface area (Å²) in [7, 11) is 0. The van der Waals surface area contributed by atoms with Gasteiger partial charge in [-0.2, -0.15) is 4.98 Å². The molecule has 0 spiro atoms. The Morgan fingerprint density at radius 2 is 1.94 bits per heavy atom. The van der Waals surface area contributed by atoms with Gasteiger partial charge >= 0.3 is 5.69 Å². The fourth-order valence-electron chi connectivity index (χ4n) is 4.52. The molecule has 33 heavy (non-hydrogen) atoms. The van der Waals surface area contributed by atoms with E-state index in [1.807, 2.05) is 0 Å². The van der Waals surface area contributed by atoms with Crippen molar-refractivity contribution in [3.05, 3.63) is 69.4 Å². The molecule has 2 aromatic heterocycles. The summed E-state index contributed by atoms with van der Waals surface area (Å²) < 4.78 is 41.7. The van der Waals surface area contributed by atoms with Crippen molar-refractivity contribution in [1.29, 1.82) is 0 Å². The SMILES string of the molecule is CC12CCCN1c1cc(OCc3cc(F)c(Oc4ccnc(Cl)c4)c(F)c3)nc(=O)n1CC2. The molecule has 0 amide bonds. The van der Waals surface area contributed by atoms with Crippen molar-refractivity contribution in [2.45, 2.75) is 44.9 Å². The minimum absolute atomic E-state index is 0.0200. The van der Waals surface area contributed by atoms with Gasteiger partial charge in [0.1, 0.15) is 23.3 Å². The molecule has 0 N–H and O–H groups in total. The van der Waals surface area contributed by atoms with Crippen LogP contribution in [-0.2, 0) is 13.2 Å². The second-order valence-corrected chi connectivity index (χ2v) is 8.87. The highest BCUT2D eigenvalue weighted by Gasteiger charge is 2.41. The molecule has 0 radical (unpaired) electrons. The van der Waals surface area contributed by atoms with E-state index in [-0.39, 0.29) is 34.5 Å². The van der Waals surface area contributed by atoms with E-state index >= 15 is 0 Å². The van der Waals surface area contributed by atoms with Crippen LogP contribution in [-0.4, -0.2) is 26.6 Å². The molecule has 3 aromatic rings. The third kappa shape index (κ3) is 4.13. The Labute approximate surface area is 193 Å². The highest BCUT2D eigenvalue weighted by Crippen LogP contribution is 2.40. The van der Waals surface area contributed by atoms with E-state index in [1.54, 1.807) is 10.6 Å². The summed E-state index contributed by atoms with van der Waals surface area (Å²) in [5, 5.41) is 0.140. The van der Waals surface area contributed by atoms with Gasteiger partial charge in [0, 0.05) is 37.0 Å². The van der Waals surface area contributed by atoms with Gasteiger partial charge in [0.05, 0.1) is 0 Å². The second kappa shape index (κ2) is 8.30. The van der Waals surface area contributed by atoms with Crippen LogP contribution >= 0.6 is 11.6 Å². The van der Waals surface area contributed by atoms with Gasteiger partial charge in [-0.3, -0.25) is 4.57 Å². The van der Waals surface area contributed by atoms with E-state index < -0.39 is 23.1 Å². The molecule has 1 unspecified atom stereocenters. The van der Waals surface area contributed by atoms with Crippen LogP contribution < -0.4 is 20.1 Å². The number of anilines is 1. The first-order valence-corrected chi connectivity index (χ1v) is 11.0. The molecule has 1 atom stereocenters. The summed E-state index contributed by atoms with van der Waals surface area (Å²) in [4.78, 5) is 22.5. The van der Waals surface area contributed by atoms with Crippen molar-refractivity contribution in [2.24, 2.45) is 0 Å². The van der Waals surface area contributed by atoms with Crippen LogP contribution in [0.25, 0.3) is 0 Å². The van der Waals surface area contributed by atoms with Crippen molar-refractivity contribution in [3.63, 3.8) is 0 Å². The number of nitrogens with zero attached hydrogens (tertiary/aromatic N) is 4. The van der Waals surface area contributed by atoms with E-state index in [4.69, 9.17) is 21.1 Å². The van der Waals surface area contributed by atoms with Crippen LogP contribution in [0.4, 0.5) is 14.6 Å². The summed E-state index contributed by atoms with van der Waals surface area (Å²) in [6.45, 7) is 3.50. The van der Waals surface area contributed by atoms with Gasteiger partial charge in [0.2, 0.25) is 5.88 Å². The predicted molar refractivity (Wildman–Crippen MR) is 118 cm³/mol. The number of hydrogen-bond donors (Lipinski definition) is 0. The van der Waals surface area contributed by atoms with Gasteiger partial charge in [-0.1, -0.05) is 11.6 Å². The summed E-state index contributed by atoms with van der Waals surface area (Å²) >= 11 is 5.78. The topological polar surface area (TPSA) is 69.5 Å². The molecular formula is C23H21ClF2N4O3. The van der Waals surface area contributed by atoms with Gasteiger partial charge < -0.3 is 14.4 Å². The van der Waals surface area contributed by atoms with Crippen molar-refractivity contribution in [3.8, 4) is 17.4 Å². The molecular weight excluding hydrogens is 454 g/mol. The molecule has 7 nitrogen and oxygen atoms in total. The average molecular weight is 475 g/mol. The molecule has 1 saturated heterocycles. The molecule has 2 aliphatic heterocycles. The van der Waals surface area contributed by atoms with Crippen molar-refractivity contribution in [1.82, 2.24) is 14.5 Å². The second-order valence-electron chi connectivity index (χ2n) is 8.48. The molecule has 4 heterocycles. The minimum Gasteiger partial charge on any atom is -0.473 e. The Morgan fingerprint density at radius 3 is 2.70 bits per heavy atom. The van der Waals surface area contributed by atoms with Crippen LogP contribution in [0.15, 0.2) is 41.3 Å². The fourth-order valence-corrected chi connectivity index (χ4v) is 4.69. The monoisotopic (exact) mass is 474 g/mol. The number of pyridine rings is 1. The third-order valence-electron chi connectivity index (χ3n) is 6.23. The predicted octanol–water partition coefficient (Wildman–Crippen LogP) is 4.70. The third-order valence-corrected chi connectivity index (χ3v) is 6.43. The maximum atomic E-state index is 14.6. The number of ether oxygens (including phenoxy) is 2. The zero-order valence-corrected chi connectivity index (χ0v) is 18.6. The van der Waals surface area contributed by atoms with E-state index in [1.165, 1.54) is 18.3 Å². The van der Waals surface area contributed by atoms with E-state index in [2.05, 4.69) is 21.8 Å². The van der Waals surface area contributed by atoms with Crippen molar-refractivity contribution in [2.75, 3.05) is 11.4 Å². The zero-order valence-electron chi connectivity index (χ0n) is 17.9. The number of hydrogen-bond acceptors (Lipinski definition) is 6. The number of fused-ring (bicyclic) bond motifs is 3. The quantitative estimate of drug-likeness (QED) is 0.499. The van der Waals surface area contributed by atoms with Crippen LogP contribution in [0.3, 0.4) is 0 Å². The Hall–Kier alpha value is -3.20. The lowest BCUT2D eigenvalue weighted by molar-refractivity contribution is 0.285. The number of aromatic nitrogens is 3. The normalized spacial score (nSPS) is 19.2. The van der Waals surface area contributed by atoms with Crippen molar-refractivity contribution < 1.29 is 18.3 Å². The lowest BCUT2D eigenvalue weighted by Crippen LogP contribution is -2.49. The smallest absolute Gasteiger partial charge is 0.352 e. The first kappa shape index (κ1) is 21.6. The largest absolute Gasteiger partial charge is 0.473 e. The summed E-state index contributed by atoms with van der Waals surface area (Å²) in [5.74, 6) is -1.30. The number of rotatable bonds is 5. The van der Waals surface area contributed by atoms with Gasteiger partial charge in [0.25, 0.3) is 0 Å². The van der Waals surface area contributed by atoms with Gasteiger partial charge in [-0.25, -0.2) is 18.6 Å². The molecule has 2 aliphatic rings. The van der Waals surface area contributed by atoms with Crippen LogP contribution in [0.2, 0.25) is 5.15 Å². The lowest BCUT2D eigenvalue weighted by Gasteiger charge is -2.42. The summed E-state index contributed by atoms with van der Waals surface area (Å²) in [6.07, 6.45) is 4.38. The van der Waals surface area contributed by atoms with Gasteiger partial charge in [0.15, 0.2) is 17.4 Å². The van der Waals surface area contributed by atoms with E-state index in [0.717, 1.165) is 43.8 Å². The molecule has 0 saturated carbocycles. The number of benzene rings is 1. The first-order valence-electron chi connectivity index (χ1n) is 10.6. The Balaban J connectivity index is 1.35. The highest BCUT2D eigenvalue weighted by atomic mass is 35.5. The number of halogens is 3. The van der Waals surface area contributed by atoms with E-state index in [9.17, 15) is 13.6 Å². The van der Waals surface area contributed by atoms with Crippen LogP contribution in [0.1, 0.15) is 31.7 Å². The van der Waals surface area contributed by atoms with Gasteiger partial charge in [-0.05, 0) is 49.9 Å². The molecule has 1 fully saturated rings. The molecule has 1 aromatic carbocycles. The maximum Gasteiger partial charge on any atom is 0.352 e. The Kier molecular flexibility index (Phi) is 5.44. The standard InChI is InChI=1S/C23H21ClF2N4O3/c1-23-4-2-7-30(23)20-12-19(28-22(31)29(20)8-5-23)32-13-14-9-16(25)21(17(26)10-14)33-15-3-6-27-18(24)11-15/h3,6,9-12H,2,4-5,7-8,13H2,1H3. The Bertz CT molecular complexity index is 1260. The lowest BCUT2D eigenvalue weighted by atomic mass is 9.93. The molecule has 172 valence electrons. The zero-order chi connectivity index (χ0) is 23.2. The van der Waals surface area contributed by atoms with E-state index in [0.29, 0.717) is 6.54 Å².